The second kappa shape index (κ2) is 6.51. The molecule has 0 aliphatic heterocycles. The van der Waals surface area contributed by atoms with Gasteiger partial charge >= 0.3 is 5.97 Å². The van der Waals surface area contributed by atoms with Gasteiger partial charge in [0.05, 0.1) is 5.56 Å². The monoisotopic (exact) mass is 286 g/mol. The molecule has 21 heavy (non-hydrogen) atoms. The first-order valence-corrected chi connectivity index (χ1v) is 6.23. The van der Waals surface area contributed by atoms with E-state index in [0.29, 0.717) is 17.0 Å². The number of ether oxygens (including phenoxy) is 1. The van der Waals surface area contributed by atoms with Crippen LogP contribution >= 0.6 is 0 Å². The lowest BCUT2D eigenvalue weighted by molar-refractivity contribution is -0.139. The van der Waals surface area contributed by atoms with E-state index in [9.17, 15) is 9.59 Å². The molecule has 1 aromatic carbocycles. The molecule has 2 N–H and O–H groups in total. The number of aryl methyl sites for hydroxylation is 1. The maximum absolute atomic E-state index is 12.0. The molecule has 2 aromatic rings. The Morgan fingerprint density at radius 2 is 1.90 bits per heavy atom. The van der Waals surface area contributed by atoms with Gasteiger partial charge in [0.1, 0.15) is 5.75 Å². The van der Waals surface area contributed by atoms with Gasteiger partial charge < -0.3 is 15.2 Å². The van der Waals surface area contributed by atoms with Crippen molar-refractivity contribution in [2.75, 3.05) is 11.9 Å². The standard InChI is InChI=1S/C15H14N2O4/c1-10-2-3-11(8-16-10)15(20)17-12-4-6-13(7-5-12)21-9-14(18)19/h2-8H,9H2,1H3,(H,17,20)(H,18,19). The molecule has 0 atom stereocenters. The van der Waals surface area contributed by atoms with Crippen LogP contribution in [-0.4, -0.2) is 28.6 Å². The number of carbonyl (C=O) groups excluding carboxylic acids is 1. The third-order valence-corrected chi connectivity index (χ3v) is 2.65. The minimum Gasteiger partial charge on any atom is -0.482 e. The maximum atomic E-state index is 12.0. The van der Waals surface area contributed by atoms with Gasteiger partial charge in [-0.25, -0.2) is 4.79 Å². The van der Waals surface area contributed by atoms with Gasteiger partial charge in [0.15, 0.2) is 6.61 Å². The highest BCUT2D eigenvalue weighted by Gasteiger charge is 2.06. The molecule has 0 bridgehead atoms. The molecule has 0 saturated heterocycles. The average molecular weight is 286 g/mol. The van der Waals surface area contributed by atoms with Crippen molar-refractivity contribution in [2.24, 2.45) is 0 Å². The Kier molecular flexibility index (Phi) is 4.50. The topological polar surface area (TPSA) is 88.5 Å². The van der Waals surface area contributed by atoms with Gasteiger partial charge in [-0.15, -0.1) is 0 Å². The molecule has 0 aliphatic rings. The smallest absolute Gasteiger partial charge is 0.341 e. The summed E-state index contributed by atoms with van der Waals surface area (Å²) in [6.07, 6.45) is 1.51. The molecule has 108 valence electrons. The molecule has 1 heterocycles. The summed E-state index contributed by atoms with van der Waals surface area (Å²) in [5.41, 5.74) is 1.89. The van der Waals surface area contributed by atoms with Gasteiger partial charge in [-0.1, -0.05) is 0 Å². The van der Waals surface area contributed by atoms with Crippen LogP contribution in [0.15, 0.2) is 42.6 Å². The fourth-order valence-corrected chi connectivity index (χ4v) is 1.58. The molecule has 0 spiro atoms. The number of aromatic nitrogens is 1. The molecule has 0 saturated carbocycles. The molecular formula is C15H14N2O4. The number of hydrogen-bond acceptors (Lipinski definition) is 4. The Hall–Kier alpha value is -2.89. The second-order valence-electron chi connectivity index (χ2n) is 4.35. The van der Waals surface area contributed by atoms with Crippen molar-refractivity contribution in [1.82, 2.24) is 4.98 Å². The van der Waals surface area contributed by atoms with Gasteiger partial charge in [0, 0.05) is 17.6 Å². The summed E-state index contributed by atoms with van der Waals surface area (Å²) >= 11 is 0. The quantitative estimate of drug-likeness (QED) is 0.878. The molecule has 1 amide bonds. The fourth-order valence-electron chi connectivity index (χ4n) is 1.58. The number of anilines is 1. The molecule has 1 aromatic heterocycles. The number of carbonyl (C=O) groups is 2. The van der Waals surface area contributed by atoms with E-state index < -0.39 is 12.6 Å². The number of amides is 1. The second-order valence-corrected chi connectivity index (χ2v) is 4.35. The fraction of sp³-hybridized carbons (Fsp3) is 0.133. The van der Waals surface area contributed by atoms with E-state index in [1.165, 1.54) is 6.20 Å². The van der Waals surface area contributed by atoms with E-state index in [0.717, 1.165) is 5.69 Å². The first kappa shape index (κ1) is 14.5. The van der Waals surface area contributed by atoms with Gasteiger partial charge in [0.25, 0.3) is 5.91 Å². The Morgan fingerprint density at radius 3 is 2.48 bits per heavy atom. The number of pyridine rings is 1. The zero-order valence-corrected chi connectivity index (χ0v) is 11.4. The maximum Gasteiger partial charge on any atom is 0.341 e. The van der Waals surface area contributed by atoms with Gasteiger partial charge in [-0.3, -0.25) is 9.78 Å². The number of nitrogens with zero attached hydrogens (tertiary/aromatic N) is 1. The molecule has 0 aliphatic carbocycles. The lowest BCUT2D eigenvalue weighted by Crippen LogP contribution is -2.12. The van der Waals surface area contributed by atoms with Crippen LogP contribution in [0.5, 0.6) is 5.75 Å². The van der Waals surface area contributed by atoms with Crippen LogP contribution in [0.3, 0.4) is 0 Å². The zero-order valence-electron chi connectivity index (χ0n) is 11.4. The van der Waals surface area contributed by atoms with Gasteiger partial charge in [-0.2, -0.15) is 0 Å². The minimum absolute atomic E-state index is 0.262. The SMILES string of the molecule is Cc1ccc(C(=O)Nc2ccc(OCC(=O)O)cc2)cn1. The van der Waals surface area contributed by atoms with E-state index in [1.54, 1.807) is 36.4 Å². The summed E-state index contributed by atoms with van der Waals surface area (Å²) < 4.78 is 5.00. The van der Waals surface area contributed by atoms with E-state index >= 15 is 0 Å². The predicted octanol–water partition coefficient (Wildman–Crippen LogP) is 2.11. The molecule has 2 rings (SSSR count). The summed E-state index contributed by atoms with van der Waals surface area (Å²) in [7, 11) is 0. The van der Waals surface area contributed by atoms with Crippen molar-refractivity contribution in [3.8, 4) is 5.75 Å². The Labute approximate surface area is 121 Å². The van der Waals surface area contributed by atoms with Crippen LogP contribution in [0, 0.1) is 6.92 Å². The minimum atomic E-state index is -1.04. The number of benzene rings is 1. The number of hydrogen-bond donors (Lipinski definition) is 2. The number of nitrogens with one attached hydrogen (secondary N) is 1. The van der Waals surface area contributed by atoms with E-state index in [-0.39, 0.29) is 5.91 Å². The van der Waals surface area contributed by atoms with Crippen LogP contribution in [0.4, 0.5) is 5.69 Å². The molecule has 6 heteroatoms. The first-order chi connectivity index (χ1) is 10.0. The number of aliphatic carboxylic acids is 1. The third kappa shape index (κ3) is 4.31. The highest BCUT2D eigenvalue weighted by atomic mass is 16.5. The third-order valence-electron chi connectivity index (χ3n) is 2.65. The van der Waals surface area contributed by atoms with Gasteiger partial charge in [-0.05, 0) is 43.3 Å². The van der Waals surface area contributed by atoms with E-state index in [1.807, 2.05) is 6.92 Å². The van der Waals surface area contributed by atoms with E-state index in [2.05, 4.69) is 10.3 Å². The normalized spacial score (nSPS) is 9.95. The summed E-state index contributed by atoms with van der Waals surface area (Å²) in [5.74, 6) is -0.881. The van der Waals surface area contributed by atoms with Crippen molar-refractivity contribution in [3.05, 3.63) is 53.9 Å². The molecule has 0 fully saturated rings. The first-order valence-electron chi connectivity index (χ1n) is 6.23. The van der Waals surface area contributed by atoms with Crippen LogP contribution in [0.25, 0.3) is 0 Å². The lowest BCUT2D eigenvalue weighted by Gasteiger charge is -2.07. The zero-order chi connectivity index (χ0) is 15.2. The Bertz CT molecular complexity index is 636. The van der Waals surface area contributed by atoms with Gasteiger partial charge in [0.2, 0.25) is 0 Å². The van der Waals surface area contributed by atoms with Crippen molar-refractivity contribution in [2.45, 2.75) is 6.92 Å². The van der Waals surface area contributed by atoms with Crippen molar-refractivity contribution < 1.29 is 19.4 Å². The van der Waals surface area contributed by atoms with Crippen molar-refractivity contribution in [1.29, 1.82) is 0 Å². The van der Waals surface area contributed by atoms with Crippen LogP contribution < -0.4 is 10.1 Å². The van der Waals surface area contributed by atoms with Crippen molar-refractivity contribution in [3.63, 3.8) is 0 Å². The lowest BCUT2D eigenvalue weighted by atomic mass is 10.2. The molecule has 6 nitrogen and oxygen atoms in total. The number of carboxylic acid groups (broad SMARTS) is 1. The Morgan fingerprint density at radius 1 is 1.19 bits per heavy atom. The summed E-state index contributed by atoms with van der Waals surface area (Å²) in [5, 5.41) is 11.2. The highest BCUT2D eigenvalue weighted by molar-refractivity contribution is 6.04. The van der Waals surface area contributed by atoms with Crippen LogP contribution in [-0.2, 0) is 4.79 Å². The van der Waals surface area contributed by atoms with Crippen molar-refractivity contribution >= 4 is 17.6 Å². The Balaban J connectivity index is 1.98. The molecule has 0 unspecified atom stereocenters. The molecular weight excluding hydrogens is 272 g/mol. The largest absolute Gasteiger partial charge is 0.482 e. The van der Waals surface area contributed by atoms with Crippen LogP contribution in [0.2, 0.25) is 0 Å². The predicted molar refractivity (Wildman–Crippen MR) is 76.5 cm³/mol. The van der Waals surface area contributed by atoms with Crippen LogP contribution in [0.1, 0.15) is 16.1 Å². The molecule has 0 radical (unpaired) electrons. The summed E-state index contributed by atoms with van der Waals surface area (Å²) in [4.78, 5) is 26.4. The van der Waals surface area contributed by atoms with E-state index in [4.69, 9.17) is 9.84 Å². The summed E-state index contributed by atoms with van der Waals surface area (Å²) in [6.45, 7) is 1.44. The highest BCUT2D eigenvalue weighted by Crippen LogP contribution is 2.16. The number of rotatable bonds is 5. The average Bonchev–Trinajstić information content (AvgIpc) is 2.47. The summed E-state index contributed by atoms with van der Waals surface area (Å²) in [6, 6.07) is 9.91. The number of carboxylic acids is 1.